The van der Waals surface area contributed by atoms with Gasteiger partial charge in [-0.3, -0.25) is 9.79 Å². The van der Waals surface area contributed by atoms with Gasteiger partial charge < -0.3 is 16.2 Å². The number of hydrogen-bond donors (Lipinski definition) is 2. The molecule has 134 valence electrons. The molecular weight excluding hydrogens is 338 g/mol. The minimum Gasteiger partial charge on any atom is -0.426 e. The van der Waals surface area contributed by atoms with E-state index in [0.29, 0.717) is 18.2 Å². The first-order chi connectivity index (χ1) is 11.6. The van der Waals surface area contributed by atoms with Crippen LogP contribution in [0.25, 0.3) is 10.8 Å². The molecule has 4 N–H and O–H groups in total. The monoisotopic (exact) mass is 361 g/mol. The highest BCUT2D eigenvalue weighted by Gasteiger charge is 2.27. The number of esters is 1. The second kappa shape index (κ2) is 8.72. The van der Waals surface area contributed by atoms with Gasteiger partial charge in [-0.25, -0.2) is 0 Å². The van der Waals surface area contributed by atoms with E-state index in [1.54, 1.807) is 0 Å². The van der Waals surface area contributed by atoms with Crippen molar-refractivity contribution < 1.29 is 9.53 Å². The van der Waals surface area contributed by atoms with Crippen LogP contribution in [0.5, 0.6) is 5.75 Å². The van der Waals surface area contributed by atoms with Crippen molar-refractivity contribution in [3.8, 4) is 5.75 Å². The number of hydrogen-bond acceptors (Lipinski definition) is 3. The molecule has 25 heavy (non-hydrogen) atoms. The standard InChI is InChI=1S/C19H23N3O2.ClH/c20-19(21)22-12-13-8-10-15(11-9-13)18(23)24-17-7-3-5-14-4-1-2-6-16(14)17;/h1-7,13,15H,8-12H2,(H4,20,21,22);1H. The number of rotatable bonds is 4. The summed E-state index contributed by atoms with van der Waals surface area (Å²) >= 11 is 0. The summed E-state index contributed by atoms with van der Waals surface area (Å²) < 4.78 is 5.69. The molecule has 0 amide bonds. The quantitative estimate of drug-likeness (QED) is 0.378. The molecule has 0 aromatic heterocycles. The summed E-state index contributed by atoms with van der Waals surface area (Å²) in [7, 11) is 0. The van der Waals surface area contributed by atoms with Crippen LogP contribution in [0, 0.1) is 11.8 Å². The number of ether oxygens (including phenoxy) is 1. The van der Waals surface area contributed by atoms with E-state index in [1.807, 2.05) is 42.5 Å². The lowest BCUT2D eigenvalue weighted by Crippen LogP contribution is -2.28. The predicted octanol–water partition coefficient (Wildman–Crippen LogP) is 3.25. The SMILES string of the molecule is Cl.NC(N)=NCC1CCC(C(=O)Oc2cccc3ccccc23)CC1. The highest BCUT2D eigenvalue weighted by Crippen LogP contribution is 2.32. The molecule has 0 bridgehead atoms. The topological polar surface area (TPSA) is 90.7 Å². The molecule has 1 fully saturated rings. The van der Waals surface area contributed by atoms with Gasteiger partial charge in [-0.2, -0.15) is 0 Å². The van der Waals surface area contributed by atoms with Crippen LogP contribution >= 0.6 is 12.4 Å². The van der Waals surface area contributed by atoms with E-state index in [2.05, 4.69) is 4.99 Å². The number of nitrogens with zero attached hydrogens (tertiary/aromatic N) is 1. The Morgan fingerprint density at radius 2 is 1.72 bits per heavy atom. The lowest BCUT2D eigenvalue weighted by molar-refractivity contribution is -0.140. The van der Waals surface area contributed by atoms with Crippen LogP contribution < -0.4 is 16.2 Å². The first-order valence-electron chi connectivity index (χ1n) is 8.38. The molecule has 2 aromatic carbocycles. The number of aliphatic imine (C=N–C) groups is 1. The molecular formula is C19H24ClN3O2. The van der Waals surface area contributed by atoms with Crippen molar-refractivity contribution in [1.82, 2.24) is 0 Å². The van der Waals surface area contributed by atoms with Crippen molar-refractivity contribution in [2.24, 2.45) is 28.3 Å². The van der Waals surface area contributed by atoms with Gasteiger partial charge in [0.25, 0.3) is 0 Å². The van der Waals surface area contributed by atoms with Crippen LogP contribution in [0.4, 0.5) is 0 Å². The van der Waals surface area contributed by atoms with Crippen LogP contribution in [-0.2, 0) is 4.79 Å². The van der Waals surface area contributed by atoms with Crippen molar-refractivity contribution in [3.63, 3.8) is 0 Å². The lowest BCUT2D eigenvalue weighted by atomic mass is 9.82. The van der Waals surface area contributed by atoms with Gasteiger partial charge in [-0.05, 0) is 43.1 Å². The minimum absolute atomic E-state index is 0. The van der Waals surface area contributed by atoms with Crippen molar-refractivity contribution in [3.05, 3.63) is 42.5 Å². The van der Waals surface area contributed by atoms with E-state index in [0.717, 1.165) is 36.5 Å². The number of fused-ring (bicyclic) bond motifs is 1. The highest BCUT2D eigenvalue weighted by molar-refractivity contribution is 5.90. The first-order valence-corrected chi connectivity index (χ1v) is 8.38. The Morgan fingerprint density at radius 1 is 1.04 bits per heavy atom. The van der Waals surface area contributed by atoms with E-state index in [9.17, 15) is 4.79 Å². The second-order valence-electron chi connectivity index (χ2n) is 6.38. The Labute approximate surface area is 153 Å². The fourth-order valence-corrected chi connectivity index (χ4v) is 3.29. The zero-order valence-corrected chi connectivity index (χ0v) is 14.9. The maximum Gasteiger partial charge on any atom is 0.314 e. The molecule has 0 atom stereocenters. The zero-order chi connectivity index (χ0) is 16.9. The van der Waals surface area contributed by atoms with Crippen molar-refractivity contribution in [2.45, 2.75) is 25.7 Å². The van der Waals surface area contributed by atoms with Gasteiger partial charge in [-0.15, -0.1) is 12.4 Å². The third-order valence-corrected chi connectivity index (χ3v) is 4.67. The summed E-state index contributed by atoms with van der Waals surface area (Å²) in [4.78, 5) is 16.6. The second-order valence-corrected chi connectivity index (χ2v) is 6.38. The number of halogens is 1. The molecule has 0 saturated heterocycles. The molecule has 0 unspecified atom stereocenters. The van der Waals surface area contributed by atoms with Crippen LogP contribution in [0.15, 0.2) is 47.5 Å². The molecule has 2 aromatic rings. The summed E-state index contributed by atoms with van der Waals surface area (Å²) in [6.07, 6.45) is 3.56. The Bertz CT molecular complexity index is 746. The summed E-state index contributed by atoms with van der Waals surface area (Å²) in [5.74, 6) is 1.05. The van der Waals surface area contributed by atoms with E-state index < -0.39 is 0 Å². The van der Waals surface area contributed by atoms with E-state index in [1.165, 1.54) is 0 Å². The number of carbonyl (C=O) groups excluding carboxylic acids is 1. The fraction of sp³-hybridized carbons (Fsp3) is 0.368. The highest BCUT2D eigenvalue weighted by atomic mass is 35.5. The average Bonchev–Trinajstić information content (AvgIpc) is 2.60. The smallest absolute Gasteiger partial charge is 0.314 e. The number of guanidine groups is 1. The lowest BCUT2D eigenvalue weighted by Gasteiger charge is -2.26. The molecule has 5 nitrogen and oxygen atoms in total. The molecule has 0 aliphatic heterocycles. The molecule has 6 heteroatoms. The molecule has 0 heterocycles. The Morgan fingerprint density at radius 3 is 2.44 bits per heavy atom. The third-order valence-electron chi connectivity index (χ3n) is 4.67. The average molecular weight is 362 g/mol. The Kier molecular flexibility index (Phi) is 6.65. The van der Waals surface area contributed by atoms with Crippen LogP contribution in [0.3, 0.4) is 0 Å². The zero-order valence-electron chi connectivity index (χ0n) is 14.1. The maximum atomic E-state index is 12.5. The summed E-state index contributed by atoms with van der Waals surface area (Å²) in [5.41, 5.74) is 10.7. The van der Waals surface area contributed by atoms with Gasteiger partial charge in [0.15, 0.2) is 5.96 Å². The van der Waals surface area contributed by atoms with Crippen molar-refractivity contribution in [1.29, 1.82) is 0 Å². The Hall–Kier alpha value is -2.27. The third kappa shape index (κ3) is 4.86. The summed E-state index contributed by atoms with van der Waals surface area (Å²) in [6, 6.07) is 13.7. The maximum absolute atomic E-state index is 12.5. The molecule has 3 rings (SSSR count). The summed E-state index contributed by atoms with van der Waals surface area (Å²) in [6.45, 7) is 0.646. The van der Waals surface area contributed by atoms with E-state index in [-0.39, 0.29) is 30.3 Å². The van der Waals surface area contributed by atoms with Crippen molar-refractivity contribution >= 4 is 35.1 Å². The molecule has 1 aliphatic carbocycles. The number of benzene rings is 2. The van der Waals surface area contributed by atoms with Gasteiger partial charge >= 0.3 is 5.97 Å². The largest absolute Gasteiger partial charge is 0.426 e. The Balaban J connectivity index is 0.00000225. The van der Waals surface area contributed by atoms with E-state index in [4.69, 9.17) is 16.2 Å². The minimum atomic E-state index is -0.133. The normalized spacial score (nSPS) is 19.7. The molecule has 1 aliphatic rings. The van der Waals surface area contributed by atoms with Crippen molar-refractivity contribution in [2.75, 3.05) is 6.54 Å². The molecule has 0 radical (unpaired) electrons. The van der Waals surface area contributed by atoms with Gasteiger partial charge in [0, 0.05) is 11.9 Å². The predicted molar refractivity (Wildman–Crippen MR) is 103 cm³/mol. The van der Waals surface area contributed by atoms with Gasteiger partial charge in [-0.1, -0.05) is 36.4 Å². The fourth-order valence-electron chi connectivity index (χ4n) is 3.29. The van der Waals surface area contributed by atoms with Gasteiger partial charge in [0.2, 0.25) is 0 Å². The summed E-state index contributed by atoms with van der Waals surface area (Å²) in [5, 5.41) is 2.04. The van der Waals surface area contributed by atoms with Gasteiger partial charge in [0.05, 0.1) is 5.92 Å². The van der Waals surface area contributed by atoms with Crippen LogP contribution in [0.1, 0.15) is 25.7 Å². The molecule has 0 spiro atoms. The van der Waals surface area contributed by atoms with Crippen LogP contribution in [-0.4, -0.2) is 18.5 Å². The first kappa shape index (κ1) is 19.1. The van der Waals surface area contributed by atoms with Gasteiger partial charge in [0.1, 0.15) is 5.75 Å². The molecule has 1 saturated carbocycles. The number of nitrogens with two attached hydrogens (primary N) is 2. The number of carbonyl (C=O) groups is 1. The van der Waals surface area contributed by atoms with E-state index >= 15 is 0 Å². The van der Waals surface area contributed by atoms with Crippen LogP contribution in [0.2, 0.25) is 0 Å².